The number of nitrogens with zero attached hydrogens (tertiary/aromatic N) is 4. The fourth-order valence-corrected chi connectivity index (χ4v) is 2.08. The van der Waals surface area contributed by atoms with Crippen LogP contribution in [0.25, 0.3) is 11.2 Å². The van der Waals surface area contributed by atoms with Crippen molar-refractivity contribution in [3.8, 4) is 0 Å². The molecule has 8 nitrogen and oxygen atoms in total. The molecular weight excluding hydrogens is 276 g/mol. The maximum absolute atomic E-state index is 12.5. The molecule has 0 aliphatic rings. The van der Waals surface area contributed by atoms with Crippen molar-refractivity contribution in [2.45, 2.75) is 31.8 Å². The zero-order chi connectivity index (χ0) is 20.1. The highest BCUT2D eigenvalue weighted by Crippen LogP contribution is 2.05. The van der Waals surface area contributed by atoms with Crippen LogP contribution in [0, 0.1) is 0 Å². The number of imidazole rings is 1. The molecule has 2 aromatic rings. The molecule has 2 rings (SSSR count). The van der Waals surface area contributed by atoms with Crippen LogP contribution in [0.1, 0.15) is 26.1 Å². The highest BCUT2D eigenvalue weighted by atomic mass is 16.3. The minimum Gasteiger partial charge on any atom is -0.394 e. The third kappa shape index (κ3) is 2.91. The van der Waals surface area contributed by atoms with E-state index in [1.165, 1.54) is 22.5 Å². The smallest absolute Gasteiger partial charge is 0.332 e. The summed E-state index contributed by atoms with van der Waals surface area (Å²) in [7, 11) is 3.03. The molecule has 0 bridgehead atoms. The van der Waals surface area contributed by atoms with E-state index in [1.807, 2.05) is 0 Å². The molecular formula is C13H20N4O4. The summed E-state index contributed by atoms with van der Waals surface area (Å²) in [6, 6.07) is 0. The van der Waals surface area contributed by atoms with Gasteiger partial charge in [-0.05, 0) is 19.2 Å². The number of hydrogen-bond donors (Lipinski definition) is 2. The Hall–Kier alpha value is -1.93. The van der Waals surface area contributed by atoms with Gasteiger partial charge in [0.1, 0.15) is 0 Å². The van der Waals surface area contributed by atoms with Crippen molar-refractivity contribution in [1.82, 2.24) is 18.7 Å². The third-order valence-electron chi connectivity index (χ3n) is 3.16. The van der Waals surface area contributed by atoms with Crippen LogP contribution in [0.5, 0.6) is 0 Å². The van der Waals surface area contributed by atoms with Gasteiger partial charge >= 0.3 is 5.69 Å². The molecule has 0 aliphatic heterocycles. The number of aromatic nitrogens is 4. The molecule has 0 saturated heterocycles. The SMILES string of the molecule is [2H]C([2H])(O)[C@@]([2H])(O)C([2H])([2H])CCCn1c(=O)c2c(ncn2C)n(C)c1=O. The Bertz CT molecular complexity index is 941. The first kappa shape index (κ1) is 9.91. The molecule has 0 spiro atoms. The molecule has 21 heavy (non-hydrogen) atoms. The van der Waals surface area contributed by atoms with Gasteiger partial charge in [0, 0.05) is 23.4 Å². The fraction of sp³-hybridized carbons (Fsp3) is 0.615. The van der Waals surface area contributed by atoms with Gasteiger partial charge in [0.15, 0.2) is 11.2 Å². The van der Waals surface area contributed by atoms with Crippen molar-refractivity contribution >= 4 is 11.2 Å². The van der Waals surface area contributed by atoms with E-state index in [9.17, 15) is 19.8 Å². The third-order valence-corrected chi connectivity index (χ3v) is 3.16. The van der Waals surface area contributed by atoms with Gasteiger partial charge in [0.25, 0.3) is 5.56 Å². The van der Waals surface area contributed by atoms with Gasteiger partial charge in [-0.15, -0.1) is 0 Å². The number of rotatable bonds is 6. The highest BCUT2D eigenvalue weighted by molar-refractivity contribution is 5.69. The van der Waals surface area contributed by atoms with E-state index in [0.717, 1.165) is 4.57 Å². The summed E-state index contributed by atoms with van der Waals surface area (Å²) in [5, 5.41) is 18.9. The summed E-state index contributed by atoms with van der Waals surface area (Å²) in [6.07, 6.45) is -5.56. The zero-order valence-corrected chi connectivity index (χ0v) is 11.7. The van der Waals surface area contributed by atoms with Crippen LogP contribution in [0.2, 0.25) is 0 Å². The second-order valence-electron chi connectivity index (χ2n) is 4.57. The summed E-state index contributed by atoms with van der Waals surface area (Å²) in [4.78, 5) is 28.8. The zero-order valence-electron chi connectivity index (χ0n) is 16.7. The quantitative estimate of drug-likeness (QED) is 0.709. The number of aryl methyl sites for hydroxylation is 2. The van der Waals surface area contributed by atoms with Crippen LogP contribution >= 0.6 is 0 Å². The Kier molecular flexibility index (Phi) is 2.94. The minimum atomic E-state index is -3.49. The summed E-state index contributed by atoms with van der Waals surface area (Å²) < 4.78 is 40.3. The molecule has 0 fully saturated rings. The molecule has 0 unspecified atom stereocenters. The Labute approximate surface area is 127 Å². The molecule has 0 aliphatic carbocycles. The lowest BCUT2D eigenvalue weighted by molar-refractivity contribution is 0.0858. The lowest BCUT2D eigenvalue weighted by Gasteiger charge is -2.09. The van der Waals surface area contributed by atoms with Crippen LogP contribution in [0.3, 0.4) is 0 Å². The maximum atomic E-state index is 12.5. The molecule has 2 heterocycles. The molecule has 8 heteroatoms. The molecule has 0 radical (unpaired) electrons. The molecule has 2 aromatic heterocycles. The van der Waals surface area contributed by atoms with Gasteiger partial charge < -0.3 is 14.8 Å². The van der Waals surface area contributed by atoms with Crippen molar-refractivity contribution < 1.29 is 17.1 Å². The number of aliphatic hydroxyl groups is 2. The predicted octanol–water partition coefficient (Wildman–Crippen LogP) is -1.04. The summed E-state index contributed by atoms with van der Waals surface area (Å²) in [5.41, 5.74) is -0.857. The van der Waals surface area contributed by atoms with Crippen LogP contribution < -0.4 is 11.2 Å². The fourth-order valence-electron chi connectivity index (χ4n) is 2.08. The predicted molar refractivity (Wildman–Crippen MR) is 77.2 cm³/mol. The average molecular weight is 301 g/mol. The summed E-state index contributed by atoms with van der Waals surface area (Å²) >= 11 is 0. The van der Waals surface area contributed by atoms with E-state index in [-0.39, 0.29) is 24.1 Å². The van der Waals surface area contributed by atoms with Crippen LogP contribution in [0.4, 0.5) is 0 Å². The van der Waals surface area contributed by atoms with Crippen LogP contribution in [-0.4, -0.2) is 41.5 Å². The topological polar surface area (TPSA) is 102 Å². The van der Waals surface area contributed by atoms with E-state index >= 15 is 0 Å². The Morgan fingerprint density at radius 3 is 2.81 bits per heavy atom. The normalized spacial score (nSPS) is 19.3. The first-order valence-electron chi connectivity index (χ1n) is 8.78. The number of hydrogen-bond acceptors (Lipinski definition) is 5. The second kappa shape index (κ2) is 6.23. The molecule has 116 valence electrons. The highest BCUT2D eigenvalue weighted by Gasteiger charge is 2.14. The number of fused-ring (bicyclic) bond motifs is 1. The molecule has 0 aromatic carbocycles. The Morgan fingerprint density at radius 2 is 2.14 bits per heavy atom. The maximum Gasteiger partial charge on any atom is 0.332 e. The molecule has 0 saturated carbocycles. The van der Waals surface area contributed by atoms with Gasteiger partial charge in [-0.25, -0.2) is 9.78 Å². The average Bonchev–Trinajstić information content (AvgIpc) is 2.89. The monoisotopic (exact) mass is 301 g/mol. The van der Waals surface area contributed by atoms with Crippen LogP contribution in [-0.2, 0) is 20.6 Å². The second-order valence-corrected chi connectivity index (χ2v) is 4.57. The van der Waals surface area contributed by atoms with Gasteiger partial charge in [-0.1, -0.05) is 0 Å². The lowest BCUT2D eigenvalue weighted by atomic mass is 10.1. The van der Waals surface area contributed by atoms with Gasteiger partial charge in [0.2, 0.25) is 0 Å². The van der Waals surface area contributed by atoms with Crippen molar-refractivity contribution in [1.29, 1.82) is 0 Å². The Balaban J connectivity index is 2.30. The summed E-state index contributed by atoms with van der Waals surface area (Å²) in [5.74, 6) is 0. The molecule has 0 amide bonds. The van der Waals surface area contributed by atoms with E-state index < -0.39 is 36.7 Å². The van der Waals surface area contributed by atoms with E-state index in [4.69, 9.17) is 6.85 Å². The van der Waals surface area contributed by atoms with Crippen molar-refractivity contribution in [2.24, 2.45) is 14.1 Å². The lowest BCUT2D eigenvalue weighted by Crippen LogP contribution is -2.39. The van der Waals surface area contributed by atoms with Gasteiger partial charge in [-0.2, -0.15) is 0 Å². The molecule has 2 N–H and O–H groups in total. The standard InChI is InChI=1S/C13H20N4O4/c1-15-8-14-11-10(15)12(20)17(13(21)16(11)2)6-4-3-5-9(19)7-18/h8-9,18-19H,3-7H2,1-2H3/t9-/m0/s1/i5D2,7D2,9D. The van der Waals surface area contributed by atoms with Crippen molar-refractivity contribution in [3.63, 3.8) is 0 Å². The minimum absolute atomic E-state index is 0.150. The van der Waals surface area contributed by atoms with Crippen molar-refractivity contribution in [2.75, 3.05) is 6.56 Å². The Morgan fingerprint density at radius 1 is 1.43 bits per heavy atom. The van der Waals surface area contributed by atoms with Gasteiger partial charge in [0.05, 0.1) is 23.1 Å². The van der Waals surface area contributed by atoms with Crippen molar-refractivity contribution in [3.05, 3.63) is 27.2 Å². The summed E-state index contributed by atoms with van der Waals surface area (Å²) in [6.45, 7) is -3.70. The van der Waals surface area contributed by atoms with E-state index in [2.05, 4.69) is 4.98 Å². The largest absolute Gasteiger partial charge is 0.394 e. The van der Waals surface area contributed by atoms with Crippen LogP contribution in [0.15, 0.2) is 15.9 Å². The first-order chi connectivity index (χ1) is 11.7. The molecule has 1 atom stereocenters. The van der Waals surface area contributed by atoms with E-state index in [0.29, 0.717) is 0 Å². The van der Waals surface area contributed by atoms with Gasteiger partial charge in [-0.3, -0.25) is 13.9 Å². The van der Waals surface area contributed by atoms with E-state index in [1.54, 1.807) is 7.05 Å². The first-order valence-corrected chi connectivity index (χ1v) is 6.28.